The molecule has 1 unspecified atom stereocenters. The fourth-order valence-electron chi connectivity index (χ4n) is 1.72. The summed E-state index contributed by atoms with van der Waals surface area (Å²) >= 11 is 0. The molecule has 0 spiro atoms. The number of alkyl carbamates (subject to hydrolysis) is 1. The number of nitrogens with one attached hydrogen (secondary N) is 1. The lowest BCUT2D eigenvalue weighted by molar-refractivity contribution is -0.00236. The first-order valence-corrected chi connectivity index (χ1v) is 6.59. The summed E-state index contributed by atoms with van der Waals surface area (Å²) in [4.78, 5) is 13.5. The minimum absolute atomic E-state index is 0.549. The number of hydrogen-bond acceptors (Lipinski definition) is 4. The van der Waals surface area contributed by atoms with Crippen molar-refractivity contribution in [3.8, 4) is 0 Å². The van der Waals surface area contributed by atoms with Crippen molar-refractivity contribution in [3.05, 3.63) is 35.9 Å². The number of aliphatic hydroxyl groups is 1. The molecule has 1 rings (SSSR count). The van der Waals surface area contributed by atoms with E-state index in [0.29, 0.717) is 0 Å². The van der Waals surface area contributed by atoms with Crippen molar-refractivity contribution in [2.45, 2.75) is 38.6 Å². The van der Waals surface area contributed by atoms with E-state index in [2.05, 4.69) is 5.32 Å². The summed E-state index contributed by atoms with van der Waals surface area (Å²) in [6.45, 7) is 5.39. The van der Waals surface area contributed by atoms with Crippen LogP contribution in [0, 0.1) is 0 Å². The summed E-state index contributed by atoms with van der Waals surface area (Å²) in [7, 11) is 3.49. The molecule has 0 aliphatic heterocycles. The smallest absolute Gasteiger partial charge is 0.408 e. The topological polar surface area (TPSA) is 61.8 Å². The van der Waals surface area contributed by atoms with Gasteiger partial charge in [0.1, 0.15) is 11.8 Å². The van der Waals surface area contributed by atoms with E-state index < -0.39 is 24.0 Å². The summed E-state index contributed by atoms with van der Waals surface area (Å²) in [6, 6.07) is 8.77. The van der Waals surface area contributed by atoms with Crippen LogP contribution in [0.1, 0.15) is 32.4 Å². The van der Waals surface area contributed by atoms with Gasteiger partial charge >= 0.3 is 6.09 Å². The van der Waals surface area contributed by atoms with Crippen LogP contribution in [0.2, 0.25) is 0 Å². The molecule has 0 aliphatic rings. The van der Waals surface area contributed by atoms with E-state index in [-0.39, 0.29) is 0 Å². The monoisotopic (exact) mass is 280 g/mol. The van der Waals surface area contributed by atoms with Gasteiger partial charge in [-0.3, -0.25) is 4.90 Å². The summed E-state index contributed by atoms with van der Waals surface area (Å²) in [5.74, 6) is 0. The summed E-state index contributed by atoms with van der Waals surface area (Å²) in [5, 5.41) is 13.0. The van der Waals surface area contributed by atoms with Crippen LogP contribution < -0.4 is 5.32 Å². The highest BCUT2D eigenvalue weighted by Gasteiger charge is 2.27. The van der Waals surface area contributed by atoms with Gasteiger partial charge in [0.2, 0.25) is 0 Å². The normalized spacial score (nSPS) is 14.8. The molecule has 0 radical (unpaired) electrons. The number of ether oxygens (including phenoxy) is 1. The highest BCUT2D eigenvalue weighted by molar-refractivity contribution is 5.68. The number of benzene rings is 1. The van der Waals surface area contributed by atoms with E-state index in [1.54, 1.807) is 39.8 Å². The molecule has 5 heteroatoms. The van der Waals surface area contributed by atoms with E-state index in [0.717, 1.165) is 5.56 Å². The van der Waals surface area contributed by atoms with Gasteiger partial charge in [0.25, 0.3) is 0 Å². The molecule has 5 nitrogen and oxygen atoms in total. The zero-order chi connectivity index (χ0) is 15.3. The molecule has 0 fully saturated rings. The Morgan fingerprint density at radius 3 is 2.25 bits per heavy atom. The zero-order valence-electron chi connectivity index (χ0n) is 12.8. The van der Waals surface area contributed by atoms with Gasteiger partial charge in [-0.1, -0.05) is 30.3 Å². The highest BCUT2D eigenvalue weighted by Crippen LogP contribution is 2.19. The molecule has 1 amide bonds. The van der Waals surface area contributed by atoms with Crippen molar-refractivity contribution in [3.63, 3.8) is 0 Å². The number of amides is 1. The third kappa shape index (κ3) is 5.19. The quantitative estimate of drug-likeness (QED) is 0.829. The van der Waals surface area contributed by atoms with Crippen LogP contribution in [-0.2, 0) is 4.74 Å². The highest BCUT2D eigenvalue weighted by atomic mass is 16.6. The molecule has 2 atom stereocenters. The minimum atomic E-state index is -0.843. The lowest BCUT2D eigenvalue weighted by atomic mass is 10.1. The van der Waals surface area contributed by atoms with Gasteiger partial charge in [-0.25, -0.2) is 4.79 Å². The van der Waals surface area contributed by atoms with Crippen LogP contribution in [0.25, 0.3) is 0 Å². The number of likely N-dealkylation sites (N-methyl/N-ethyl adjacent to an activating group) is 1. The Hall–Kier alpha value is -1.59. The van der Waals surface area contributed by atoms with E-state index in [9.17, 15) is 9.90 Å². The first-order valence-electron chi connectivity index (χ1n) is 6.59. The molecule has 20 heavy (non-hydrogen) atoms. The number of carbonyl (C=O) groups excluding carboxylic acids is 1. The Kier molecular flexibility index (Phi) is 5.53. The van der Waals surface area contributed by atoms with Crippen molar-refractivity contribution in [2.75, 3.05) is 14.1 Å². The van der Waals surface area contributed by atoms with Crippen LogP contribution in [0.3, 0.4) is 0 Å². The molecule has 2 N–H and O–H groups in total. The van der Waals surface area contributed by atoms with Gasteiger partial charge in [-0.05, 0) is 40.4 Å². The summed E-state index contributed by atoms with van der Waals surface area (Å²) < 4.78 is 5.24. The van der Waals surface area contributed by atoms with Crippen molar-refractivity contribution < 1.29 is 14.6 Å². The molecular weight excluding hydrogens is 256 g/mol. The maximum Gasteiger partial charge on any atom is 0.408 e. The zero-order valence-corrected chi connectivity index (χ0v) is 12.8. The van der Waals surface area contributed by atoms with Crippen LogP contribution in [0.15, 0.2) is 30.3 Å². The van der Waals surface area contributed by atoms with Crippen molar-refractivity contribution in [1.29, 1.82) is 0 Å². The Morgan fingerprint density at radius 2 is 1.80 bits per heavy atom. The number of rotatable bonds is 4. The van der Waals surface area contributed by atoms with Crippen LogP contribution >= 0.6 is 0 Å². The maximum atomic E-state index is 11.9. The van der Waals surface area contributed by atoms with Crippen molar-refractivity contribution >= 4 is 6.09 Å². The number of aliphatic hydroxyl groups excluding tert-OH is 1. The van der Waals surface area contributed by atoms with Crippen LogP contribution in [0.5, 0.6) is 0 Å². The molecule has 0 aliphatic carbocycles. The molecule has 0 bridgehead atoms. The average molecular weight is 280 g/mol. The van der Waals surface area contributed by atoms with Gasteiger partial charge in [0, 0.05) is 0 Å². The fraction of sp³-hybridized carbons (Fsp3) is 0.533. The summed E-state index contributed by atoms with van der Waals surface area (Å²) in [6.07, 6.45) is -1.39. The minimum Gasteiger partial charge on any atom is -0.444 e. The third-order valence-electron chi connectivity index (χ3n) is 2.66. The molecule has 0 saturated heterocycles. The lowest BCUT2D eigenvalue weighted by Crippen LogP contribution is -2.44. The van der Waals surface area contributed by atoms with E-state index >= 15 is 0 Å². The van der Waals surface area contributed by atoms with E-state index in [1.165, 1.54) is 0 Å². The standard InChI is InChI=1S/C15H24N2O3/c1-15(2,3)20-14(19)16-12(13(18)17(4)5)11-9-7-6-8-10-11/h6-10,12-13,18H,1-5H3,(H,16,19)/t12-,13?/m0/s1. The molecule has 1 aromatic carbocycles. The molecular formula is C15H24N2O3. The van der Waals surface area contributed by atoms with Gasteiger partial charge in [0.15, 0.2) is 0 Å². The predicted octanol–water partition coefficient (Wildman–Crippen LogP) is 2.13. The van der Waals surface area contributed by atoms with Crippen LogP contribution in [0.4, 0.5) is 4.79 Å². The number of nitrogens with zero attached hydrogens (tertiary/aromatic N) is 1. The Balaban J connectivity index is 2.87. The SMILES string of the molecule is CN(C)C(O)[C@@H](NC(=O)OC(C)(C)C)c1ccccc1. The van der Waals surface area contributed by atoms with Gasteiger partial charge in [-0.2, -0.15) is 0 Å². The summed E-state index contributed by atoms with van der Waals surface area (Å²) in [5.41, 5.74) is 0.244. The van der Waals surface area contributed by atoms with Crippen molar-refractivity contribution in [2.24, 2.45) is 0 Å². The maximum absolute atomic E-state index is 11.9. The number of carbonyl (C=O) groups is 1. The average Bonchev–Trinajstić information content (AvgIpc) is 2.34. The van der Waals surface area contributed by atoms with E-state index in [1.807, 2.05) is 30.3 Å². The molecule has 1 aromatic rings. The largest absolute Gasteiger partial charge is 0.444 e. The molecule has 0 saturated carbocycles. The molecule has 0 aromatic heterocycles. The Labute approximate surface area is 120 Å². The van der Waals surface area contributed by atoms with Crippen LogP contribution in [-0.4, -0.2) is 42.0 Å². The molecule has 112 valence electrons. The third-order valence-corrected chi connectivity index (χ3v) is 2.66. The van der Waals surface area contributed by atoms with Gasteiger partial charge < -0.3 is 15.2 Å². The second kappa shape index (κ2) is 6.72. The molecule has 0 heterocycles. The van der Waals surface area contributed by atoms with E-state index in [4.69, 9.17) is 4.74 Å². The Bertz CT molecular complexity index is 426. The Morgan fingerprint density at radius 1 is 1.25 bits per heavy atom. The first-order chi connectivity index (χ1) is 9.20. The fourth-order valence-corrected chi connectivity index (χ4v) is 1.72. The second-order valence-corrected chi connectivity index (χ2v) is 5.91. The number of hydrogen-bond donors (Lipinski definition) is 2. The van der Waals surface area contributed by atoms with Gasteiger partial charge in [0.05, 0.1) is 6.04 Å². The van der Waals surface area contributed by atoms with Gasteiger partial charge in [-0.15, -0.1) is 0 Å². The predicted molar refractivity (Wildman–Crippen MR) is 78.2 cm³/mol. The van der Waals surface area contributed by atoms with Crippen molar-refractivity contribution in [1.82, 2.24) is 10.2 Å². The second-order valence-electron chi connectivity index (χ2n) is 5.91. The first kappa shape index (κ1) is 16.5. The lowest BCUT2D eigenvalue weighted by Gasteiger charge is -2.30.